The van der Waals surface area contributed by atoms with Crippen LogP contribution in [0.1, 0.15) is 33.0 Å². The lowest BCUT2D eigenvalue weighted by atomic mass is 10.2. The molecule has 7 heteroatoms. The first-order valence-electron chi connectivity index (χ1n) is 7.96. The largest absolute Gasteiger partial charge is 0.319 e. The number of carbonyl (C=O) groups excluding carboxylic acids is 1. The van der Waals surface area contributed by atoms with Crippen molar-refractivity contribution in [2.45, 2.75) is 27.3 Å². The standard InChI is InChI=1S/C18H20FN5O/c1-11-17(21-18(25)15-9-20-23(4)12(15)2)13(3)24(22-11)10-14-7-5-6-8-16(14)19/h5-9H,10H2,1-4H3,(H,21,25). The third-order valence-corrected chi connectivity index (χ3v) is 4.38. The van der Waals surface area contributed by atoms with Gasteiger partial charge in [-0.05, 0) is 26.8 Å². The molecule has 3 aromatic rings. The highest BCUT2D eigenvalue weighted by Gasteiger charge is 2.18. The molecule has 6 nitrogen and oxygen atoms in total. The zero-order chi connectivity index (χ0) is 18.1. The van der Waals surface area contributed by atoms with Gasteiger partial charge in [-0.1, -0.05) is 18.2 Å². The van der Waals surface area contributed by atoms with E-state index in [2.05, 4.69) is 15.5 Å². The van der Waals surface area contributed by atoms with Crippen molar-refractivity contribution in [3.63, 3.8) is 0 Å². The minimum Gasteiger partial charge on any atom is -0.319 e. The molecule has 0 atom stereocenters. The van der Waals surface area contributed by atoms with Crippen LogP contribution in [0.3, 0.4) is 0 Å². The van der Waals surface area contributed by atoms with Crippen molar-refractivity contribution in [2.24, 2.45) is 7.05 Å². The number of hydrogen-bond acceptors (Lipinski definition) is 3. The zero-order valence-corrected chi connectivity index (χ0v) is 14.7. The Morgan fingerprint density at radius 3 is 2.56 bits per heavy atom. The van der Waals surface area contributed by atoms with Crippen molar-refractivity contribution in [3.05, 3.63) is 64.5 Å². The molecule has 0 saturated heterocycles. The highest BCUT2D eigenvalue weighted by atomic mass is 19.1. The molecular weight excluding hydrogens is 321 g/mol. The second-order valence-electron chi connectivity index (χ2n) is 6.02. The number of aromatic nitrogens is 4. The quantitative estimate of drug-likeness (QED) is 0.793. The first-order chi connectivity index (χ1) is 11.9. The van der Waals surface area contributed by atoms with Crippen LogP contribution in [-0.2, 0) is 13.6 Å². The van der Waals surface area contributed by atoms with Crippen LogP contribution in [0.5, 0.6) is 0 Å². The highest BCUT2D eigenvalue weighted by Crippen LogP contribution is 2.22. The van der Waals surface area contributed by atoms with Crippen molar-refractivity contribution in [2.75, 3.05) is 5.32 Å². The van der Waals surface area contributed by atoms with Gasteiger partial charge in [-0.25, -0.2) is 4.39 Å². The molecule has 0 fully saturated rings. The fourth-order valence-electron chi connectivity index (χ4n) is 2.72. The summed E-state index contributed by atoms with van der Waals surface area (Å²) in [6, 6.07) is 6.60. The van der Waals surface area contributed by atoms with Gasteiger partial charge in [0.05, 0.1) is 35.4 Å². The predicted octanol–water partition coefficient (Wildman–Crippen LogP) is 2.98. The average molecular weight is 341 g/mol. The average Bonchev–Trinajstić information content (AvgIpc) is 3.04. The second kappa shape index (κ2) is 6.51. The Morgan fingerprint density at radius 2 is 1.92 bits per heavy atom. The number of carbonyl (C=O) groups is 1. The van der Waals surface area contributed by atoms with Gasteiger partial charge < -0.3 is 5.32 Å². The third kappa shape index (κ3) is 3.17. The van der Waals surface area contributed by atoms with Crippen molar-refractivity contribution < 1.29 is 9.18 Å². The molecule has 130 valence electrons. The number of hydrogen-bond donors (Lipinski definition) is 1. The van der Waals surface area contributed by atoms with Crippen molar-refractivity contribution >= 4 is 11.6 Å². The van der Waals surface area contributed by atoms with E-state index in [0.29, 0.717) is 29.1 Å². The van der Waals surface area contributed by atoms with Crippen LogP contribution in [-0.4, -0.2) is 25.5 Å². The van der Waals surface area contributed by atoms with E-state index in [1.807, 2.05) is 20.8 Å². The number of anilines is 1. The Balaban J connectivity index is 1.86. The number of halogens is 1. The Bertz CT molecular complexity index is 941. The summed E-state index contributed by atoms with van der Waals surface area (Å²) in [5, 5.41) is 11.4. The van der Waals surface area contributed by atoms with Crippen molar-refractivity contribution in [3.8, 4) is 0 Å². The second-order valence-corrected chi connectivity index (χ2v) is 6.02. The fourth-order valence-corrected chi connectivity index (χ4v) is 2.72. The van der Waals surface area contributed by atoms with E-state index < -0.39 is 0 Å². The maximum Gasteiger partial charge on any atom is 0.259 e. The molecule has 0 bridgehead atoms. The van der Waals surface area contributed by atoms with E-state index in [1.54, 1.807) is 40.8 Å². The molecule has 0 saturated carbocycles. The van der Waals surface area contributed by atoms with E-state index in [0.717, 1.165) is 11.4 Å². The summed E-state index contributed by atoms with van der Waals surface area (Å²) < 4.78 is 17.2. The molecule has 2 heterocycles. The number of rotatable bonds is 4. The molecule has 1 N–H and O–H groups in total. The van der Waals surface area contributed by atoms with Gasteiger partial charge in [0.1, 0.15) is 5.82 Å². The third-order valence-electron chi connectivity index (χ3n) is 4.38. The van der Waals surface area contributed by atoms with Gasteiger partial charge in [-0.15, -0.1) is 0 Å². The van der Waals surface area contributed by atoms with Gasteiger partial charge in [0.15, 0.2) is 0 Å². The molecule has 0 aliphatic heterocycles. The van der Waals surface area contributed by atoms with Gasteiger partial charge in [-0.2, -0.15) is 10.2 Å². The number of aryl methyl sites for hydroxylation is 2. The lowest BCUT2D eigenvalue weighted by molar-refractivity contribution is 0.102. The van der Waals surface area contributed by atoms with E-state index in [-0.39, 0.29) is 11.7 Å². The monoisotopic (exact) mass is 341 g/mol. The van der Waals surface area contributed by atoms with Gasteiger partial charge in [0.2, 0.25) is 0 Å². The molecule has 3 rings (SSSR count). The fraction of sp³-hybridized carbons (Fsp3) is 0.278. The Hall–Kier alpha value is -2.96. The smallest absolute Gasteiger partial charge is 0.259 e. The molecule has 0 unspecified atom stereocenters. The van der Waals surface area contributed by atoms with Crippen molar-refractivity contribution in [1.29, 1.82) is 0 Å². The molecular formula is C18H20FN5O. The van der Waals surface area contributed by atoms with Crippen LogP contribution in [0.2, 0.25) is 0 Å². The summed E-state index contributed by atoms with van der Waals surface area (Å²) in [6.07, 6.45) is 1.54. The van der Waals surface area contributed by atoms with Crippen LogP contribution in [0.15, 0.2) is 30.5 Å². The number of benzene rings is 1. The lowest BCUT2D eigenvalue weighted by Gasteiger charge is -2.08. The molecule has 0 aliphatic rings. The van der Waals surface area contributed by atoms with Crippen LogP contribution in [0, 0.1) is 26.6 Å². The highest BCUT2D eigenvalue weighted by molar-refractivity contribution is 6.05. The maximum absolute atomic E-state index is 13.9. The van der Waals surface area contributed by atoms with Gasteiger partial charge >= 0.3 is 0 Å². The Morgan fingerprint density at radius 1 is 1.20 bits per heavy atom. The van der Waals surface area contributed by atoms with E-state index in [1.165, 1.54) is 6.07 Å². The summed E-state index contributed by atoms with van der Waals surface area (Å²) in [6.45, 7) is 5.81. The molecule has 25 heavy (non-hydrogen) atoms. The Kier molecular flexibility index (Phi) is 4.39. The van der Waals surface area contributed by atoms with Crippen LogP contribution >= 0.6 is 0 Å². The normalized spacial score (nSPS) is 10.9. The van der Waals surface area contributed by atoms with E-state index in [9.17, 15) is 9.18 Å². The summed E-state index contributed by atoms with van der Waals surface area (Å²) in [4.78, 5) is 12.5. The number of amides is 1. The number of nitrogens with one attached hydrogen (secondary N) is 1. The van der Waals surface area contributed by atoms with Gasteiger partial charge in [0, 0.05) is 18.3 Å². The lowest BCUT2D eigenvalue weighted by Crippen LogP contribution is -2.14. The van der Waals surface area contributed by atoms with Gasteiger partial charge in [-0.3, -0.25) is 14.2 Å². The van der Waals surface area contributed by atoms with E-state index >= 15 is 0 Å². The van der Waals surface area contributed by atoms with Crippen LogP contribution < -0.4 is 5.32 Å². The van der Waals surface area contributed by atoms with Gasteiger partial charge in [0.25, 0.3) is 5.91 Å². The summed E-state index contributed by atoms with van der Waals surface area (Å²) in [5.41, 5.74) is 3.95. The molecule has 1 aromatic carbocycles. The SMILES string of the molecule is Cc1nn(Cc2ccccc2F)c(C)c1NC(=O)c1cnn(C)c1C. The molecule has 0 radical (unpaired) electrons. The zero-order valence-electron chi connectivity index (χ0n) is 14.7. The molecule has 2 aromatic heterocycles. The maximum atomic E-state index is 13.9. The topological polar surface area (TPSA) is 64.7 Å². The molecule has 0 aliphatic carbocycles. The number of nitrogens with zero attached hydrogens (tertiary/aromatic N) is 4. The van der Waals surface area contributed by atoms with Crippen molar-refractivity contribution in [1.82, 2.24) is 19.6 Å². The summed E-state index contributed by atoms with van der Waals surface area (Å²) in [7, 11) is 1.79. The first-order valence-corrected chi connectivity index (χ1v) is 7.96. The van der Waals surface area contributed by atoms with Crippen LogP contribution in [0.25, 0.3) is 0 Å². The predicted molar refractivity (Wildman–Crippen MR) is 93.1 cm³/mol. The van der Waals surface area contributed by atoms with Crippen LogP contribution in [0.4, 0.5) is 10.1 Å². The Labute approximate surface area is 145 Å². The minimum atomic E-state index is -0.272. The van der Waals surface area contributed by atoms with E-state index in [4.69, 9.17) is 0 Å². The minimum absolute atomic E-state index is 0.234. The first kappa shape index (κ1) is 16.9. The summed E-state index contributed by atoms with van der Waals surface area (Å²) in [5.74, 6) is -0.506. The summed E-state index contributed by atoms with van der Waals surface area (Å²) >= 11 is 0. The molecule has 0 spiro atoms. The molecule has 1 amide bonds.